The number of aliphatic imine (C=N–C) groups is 2. The minimum Gasteiger partial charge on any atom is -0.260 e. The third-order valence-corrected chi connectivity index (χ3v) is 5.62. The lowest BCUT2D eigenvalue weighted by atomic mass is 9.73. The van der Waals surface area contributed by atoms with Crippen LogP contribution in [0.3, 0.4) is 0 Å². The lowest BCUT2D eigenvalue weighted by Gasteiger charge is -2.28. The van der Waals surface area contributed by atoms with Crippen LogP contribution in [0.15, 0.2) is 82.8 Å². The molecule has 0 spiro atoms. The molecular formula is C23H17ClN2. The molecule has 0 radical (unpaired) electrons. The largest absolute Gasteiger partial charge is 0.260 e. The first-order valence-corrected chi connectivity index (χ1v) is 9.21. The third kappa shape index (κ3) is 2.49. The van der Waals surface area contributed by atoms with Crippen molar-refractivity contribution in [2.45, 2.75) is 17.8 Å². The van der Waals surface area contributed by atoms with Crippen molar-refractivity contribution in [1.29, 1.82) is 0 Å². The maximum absolute atomic E-state index is 6.15. The topological polar surface area (TPSA) is 24.7 Å². The number of rotatable bonds is 3. The molecule has 0 aliphatic carbocycles. The Kier molecular flexibility index (Phi) is 3.72. The fraction of sp³-hybridized carbons (Fsp3) is 0.130. The van der Waals surface area contributed by atoms with Gasteiger partial charge in [0.15, 0.2) is 0 Å². The smallest absolute Gasteiger partial charge is 0.0664 e. The van der Waals surface area contributed by atoms with Gasteiger partial charge in [-0.25, -0.2) is 0 Å². The molecule has 0 bridgehead atoms. The van der Waals surface area contributed by atoms with Crippen molar-refractivity contribution in [1.82, 2.24) is 0 Å². The third-order valence-electron chi connectivity index (χ3n) is 5.37. The van der Waals surface area contributed by atoms with Crippen LogP contribution in [0.1, 0.15) is 34.4 Å². The van der Waals surface area contributed by atoms with E-state index < -0.39 is 0 Å². The molecule has 2 unspecified atom stereocenters. The molecule has 0 fully saturated rings. The molecule has 0 aromatic heterocycles. The van der Waals surface area contributed by atoms with E-state index in [4.69, 9.17) is 11.6 Å². The van der Waals surface area contributed by atoms with Gasteiger partial charge in [-0.2, -0.15) is 0 Å². The van der Waals surface area contributed by atoms with E-state index in [9.17, 15) is 0 Å². The van der Waals surface area contributed by atoms with Crippen molar-refractivity contribution in [3.63, 3.8) is 0 Å². The van der Waals surface area contributed by atoms with Gasteiger partial charge in [0.1, 0.15) is 0 Å². The molecule has 2 atom stereocenters. The summed E-state index contributed by atoms with van der Waals surface area (Å²) in [6.45, 7) is 0. The summed E-state index contributed by atoms with van der Waals surface area (Å²) in [7, 11) is 0. The Morgan fingerprint density at radius 2 is 1.15 bits per heavy atom. The van der Waals surface area contributed by atoms with Gasteiger partial charge in [0.25, 0.3) is 0 Å². The zero-order valence-corrected chi connectivity index (χ0v) is 14.8. The average Bonchev–Trinajstić information content (AvgIpc) is 3.29. The minimum atomic E-state index is 0.218. The van der Waals surface area contributed by atoms with E-state index in [0.29, 0.717) is 0 Å². The second-order valence-electron chi connectivity index (χ2n) is 6.80. The summed E-state index contributed by atoms with van der Waals surface area (Å²) in [4.78, 5) is 9.35. The average molecular weight is 357 g/mol. The highest BCUT2D eigenvalue weighted by molar-refractivity contribution is 6.30. The van der Waals surface area contributed by atoms with Crippen molar-refractivity contribution in [2.75, 3.05) is 0 Å². The molecule has 0 saturated heterocycles. The fourth-order valence-corrected chi connectivity index (χ4v) is 4.28. The Hall–Kier alpha value is -2.71. The zero-order valence-electron chi connectivity index (χ0n) is 14.1. The molecule has 2 nitrogen and oxygen atoms in total. The summed E-state index contributed by atoms with van der Waals surface area (Å²) in [5, 5.41) is 0.758. The number of halogens is 1. The van der Waals surface area contributed by atoms with Crippen molar-refractivity contribution in [2.24, 2.45) is 9.98 Å². The van der Waals surface area contributed by atoms with Crippen LogP contribution in [0.2, 0.25) is 5.02 Å². The highest BCUT2D eigenvalue weighted by Gasteiger charge is 2.36. The lowest BCUT2D eigenvalue weighted by molar-refractivity contribution is 0.627. The summed E-state index contributed by atoms with van der Waals surface area (Å²) in [6, 6.07) is 25.0. The summed E-state index contributed by atoms with van der Waals surface area (Å²) >= 11 is 6.15. The molecule has 3 aromatic rings. The van der Waals surface area contributed by atoms with Gasteiger partial charge in [-0.1, -0.05) is 60.1 Å². The highest BCUT2D eigenvalue weighted by atomic mass is 35.5. The van der Waals surface area contributed by atoms with Crippen LogP contribution in [-0.2, 0) is 0 Å². The Morgan fingerprint density at radius 3 is 1.69 bits per heavy atom. The van der Waals surface area contributed by atoms with E-state index in [1.165, 1.54) is 16.7 Å². The first kappa shape index (κ1) is 15.5. The molecule has 0 amide bonds. The summed E-state index contributed by atoms with van der Waals surface area (Å²) < 4.78 is 0. The van der Waals surface area contributed by atoms with Crippen molar-refractivity contribution in [3.05, 3.63) is 94.5 Å². The Labute approximate surface area is 157 Å². The predicted octanol–water partition coefficient (Wildman–Crippen LogP) is 6.42. The summed E-state index contributed by atoms with van der Waals surface area (Å²) in [6.07, 6.45) is 4.19. The van der Waals surface area contributed by atoms with Crippen LogP contribution in [0.25, 0.3) is 0 Å². The maximum Gasteiger partial charge on any atom is 0.0664 e. The first-order valence-electron chi connectivity index (χ1n) is 8.83. The number of benzene rings is 3. The number of hydrogen-bond acceptors (Lipinski definition) is 2. The van der Waals surface area contributed by atoms with Gasteiger partial charge in [0.2, 0.25) is 0 Å². The summed E-state index contributed by atoms with van der Waals surface area (Å²) in [5.74, 6) is 0.664. The van der Waals surface area contributed by atoms with E-state index in [0.717, 1.165) is 16.4 Å². The molecule has 5 rings (SSSR count). The number of hydrogen-bond donors (Lipinski definition) is 0. The molecule has 26 heavy (non-hydrogen) atoms. The van der Waals surface area contributed by atoms with Crippen LogP contribution < -0.4 is 0 Å². The molecule has 2 aliphatic rings. The molecule has 2 aliphatic heterocycles. The Morgan fingerprint density at radius 1 is 0.654 bits per heavy atom. The van der Waals surface area contributed by atoms with Crippen LogP contribution >= 0.6 is 11.6 Å². The molecule has 126 valence electrons. The standard InChI is InChI=1S/C23H17ClN2/c24-16-11-9-15(10-12-16)23(19-13-25-21-7-3-1-5-17(19)21)20-14-26-22-8-4-2-6-18(20)22/h1-14,19-20,23H. The summed E-state index contributed by atoms with van der Waals surface area (Å²) in [5.41, 5.74) is 5.96. The molecular weight excluding hydrogens is 340 g/mol. The van der Waals surface area contributed by atoms with E-state index >= 15 is 0 Å². The molecule has 2 heterocycles. The van der Waals surface area contributed by atoms with Crippen LogP contribution in [0.5, 0.6) is 0 Å². The minimum absolute atomic E-state index is 0.218. The van der Waals surface area contributed by atoms with Gasteiger partial charge in [-0.3, -0.25) is 9.98 Å². The second-order valence-corrected chi connectivity index (χ2v) is 7.24. The maximum atomic E-state index is 6.15. The van der Waals surface area contributed by atoms with Gasteiger partial charge in [-0.15, -0.1) is 0 Å². The van der Waals surface area contributed by atoms with Crippen molar-refractivity contribution < 1.29 is 0 Å². The van der Waals surface area contributed by atoms with Crippen molar-refractivity contribution >= 4 is 35.4 Å². The van der Waals surface area contributed by atoms with E-state index in [-0.39, 0.29) is 17.8 Å². The second kappa shape index (κ2) is 6.22. The Bertz CT molecular complexity index is 959. The van der Waals surface area contributed by atoms with Gasteiger partial charge < -0.3 is 0 Å². The van der Waals surface area contributed by atoms with Crippen LogP contribution in [0, 0.1) is 0 Å². The van der Waals surface area contributed by atoms with Gasteiger partial charge in [-0.05, 0) is 41.0 Å². The quantitative estimate of drug-likeness (QED) is 0.517. The molecule has 0 saturated carbocycles. The molecule has 0 N–H and O–H groups in total. The van der Waals surface area contributed by atoms with E-state index in [1.807, 2.05) is 24.3 Å². The number of fused-ring (bicyclic) bond motifs is 2. The predicted molar refractivity (Wildman–Crippen MR) is 109 cm³/mol. The van der Waals surface area contributed by atoms with E-state index in [2.05, 4.69) is 70.9 Å². The van der Waals surface area contributed by atoms with Crippen LogP contribution in [0.4, 0.5) is 11.4 Å². The molecule has 3 heteroatoms. The lowest BCUT2D eigenvalue weighted by Crippen LogP contribution is -2.19. The monoisotopic (exact) mass is 356 g/mol. The Balaban J connectivity index is 1.65. The normalized spacial score (nSPS) is 20.8. The first-order chi connectivity index (χ1) is 12.8. The van der Waals surface area contributed by atoms with Crippen LogP contribution in [-0.4, -0.2) is 12.4 Å². The highest BCUT2D eigenvalue weighted by Crippen LogP contribution is 2.50. The van der Waals surface area contributed by atoms with Gasteiger partial charge in [0.05, 0.1) is 11.4 Å². The number of para-hydroxylation sites is 2. The van der Waals surface area contributed by atoms with Gasteiger partial charge in [0, 0.05) is 35.2 Å². The number of nitrogens with zero attached hydrogens (tertiary/aromatic N) is 2. The SMILES string of the molecule is Clc1ccc(C(C2C=Nc3ccccc32)C2C=Nc3ccccc32)cc1. The van der Waals surface area contributed by atoms with E-state index in [1.54, 1.807) is 0 Å². The zero-order chi connectivity index (χ0) is 17.5. The fourth-order valence-electron chi connectivity index (χ4n) is 4.15. The van der Waals surface area contributed by atoms with Crippen molar-refractivity contribution in [3.8, 4) is 0 Å². The molecule has 3 aromatic carbocycles. The van der Waals surface area contributed by atoms with Gasteiger partial charge >= 0.3 is 0 Å².